The molecule has 1 heterocycles. The number of halogens is 1. The molecular formula is C23H37IN4O3. The van der Waals surface area contributed by atoms with Crippen molar-refractivity contribution in [3.8, 4) is 5.75 Å². The maximum absolute atomic E-state index is 12.7. The normalized spacial score (nSPS) is 19.2. The summed E-state index contributed by atoms with van der Waals surface area (Å²) in [4.78, 5) is 19.5. The van der Waals surface area contributed by atoms with E-state index in [1.165, 1.54) is 12.8 Å². The first-order valence-corrected chi connectivity index (χ1v) is 11.2. The van der Waals surface area contributed by atoms with Crippen LogP contribution in [-0.4, -0.2) is 62.8 Å². The molecule has 174 valence electrons. The summed E-state index contributed by atoms with van der Waals surface area (Å²) in [5.41, 5.74) is 1.09. The molecule has 1 saturated heterocycles. The van der Waals surface area contributed by atoms with Gasteiger partial charge in [-0.15, -0.1) is 24.0 Å². The van der Waals surface area contributed by atoms with Gasteiger partial charge in [0, 0.05) is 38.7 Å². The highest BCUT2D eigenvalue weighted by Crippen LogP contribution is 2.27. The lowest BCUT2D eigenvalue weighted by Crippen LogP contribution is -2.45. The van der Waals surface area contributed by atoms with E-state index in [9.17, 15) is 4.79 Å². The molecule has 1 atom stereocenters. The highest BCUT2D eigenvalue weighted by atomic mass is 127. The first-order chi connectivity index (χ1) is 14.7. The van der Waals surface area contributed by atoms with Gasteiger partial charge in [0.25, 0.3) is 0 Å². The Morgan fingerprint density at radius 2 is 2.03 bits per heavy atom. The quantitative estimate of drug-likeness (QED) is 0.216. The fraction of sp³-hybridized carbons (Fsp3) is 0.652. The van der Waals surface area contributed by atoms with Gasteiger partial charge in [0.2, 0.25) is 5.91 Å². The van der Waals surface area contributed by atoms with E-state index in [0.29, 0.717) is 25.7 Å². The number of likely N-dealkylation sites (tertiary alicyclic amines) is 1. The van der Waals surface area contributed by atoms with Gasteiger partial charge in [-0.25, -0.2) is 4.99 Å². The number of methoxy groups -OCH3 is 1. The average molecular weight is 544 g/mol. The van der Waals surface area contributed by atoms with Crippen molar-refractivity contribution in [2.75, 3.05) is 40.0 Å². The number of hydrogen-bond donors (Lipinski definition) is 2. The standard InChI is InChI=1S/C23H36N4O3.HI/c1-3-24-23(25-16-18-7-6-10-21(15-18)30-14-13-29-2)26-20-11-12-27(17-20)22(28)19-8-4-5-9-19;/h6-7,10,15,19-20H,3-5,8-9,11-14,16-17H2,1-2H3,(H2,24,25,26);1H. The minimum atomic E-state index is 0. The maximum atomic E-state index is 12.7. The Hall–Kier alpha value is -1.55. The van der Waals surface area contributed by atoms with E-state index in [-0.39, 0.29) is 35.9 Å². The number of aliphatic imine (C=N–C) groups is 1. The molecule has 1 aromatic rings. The predicted molar refractivity (Wildman–Crippen MR) is 134 cm³/mol. The van der Waals surface area contributed by atoms with Crippen LogP contribution in [0.1, 0.15) is 44.6 Å². The third-order valence-electron chi connectivity index (χ3n) is 5.76. The Balaban J connectivity index is 0.00000341. The third kappa shape index (κ3) is 8.14. The molecule has 3 rings (SSSR count). The smallest absolute Gasteiger partial charge is 0.225 e. The van der Waals surface area contributed by atoms with E-state index in [1.54, 1.807) is 7.11 Å². The van der Waals surface area contributed by atoms with Gasteiger partial charge in [0.05, 0.1) is 13.2 Å². The molecule has 0 radical (unpaired) electrons. The third-order valence-corrected chi connectivity index (χ3v) is 5.76. The van der Waals surface area contributed by atoms with E-state index in [0.717, 1.165) is 56.2 Å². The van der Waals surface area contributed by atoms with Crippen LogP contribution in [0.4, 0.5) is 0 Å². The number of rotatable bonds is 9. The van der Waals surface area contributed by atoms with Crippen LogP contribution in [0.3, 0.4) is 0 Å². The SMILES string of the molecule is CCNC(=NCc1cccc(OCCOC)c1)NC1CCN(C(=O)C2CCCC2)C1.I. The molecule has 7 nitrogen and oxygen atoms in total. The Bertz CT molecular complexity index is 710. The minimum absolute atomic E-state index is 0. The number of nitrogens with zero attached hydrogens (tertiary/aromatic N) is 2. The molecular weight excluding hydrogens is 507 g/mol. The van der Waals surface area contributed by atoms with Crippen molar-refractivity contribution in [1.29, 1.82) is 0 Å². The van der Waals surface area contributed by atoms with Crippen LogP contribution in [0.15, 0.2) is 29.3 Å². The molecule has 31 heavy (non-hydrogen) atoms. The number of carbonyl (C=O) groups is 1. The zero-order valence-electron chi connectivity index (χ0n) is 18.8. The van der Waals surface area contributed by atoms with Crippen molar-refractivity contribution < 1.29 is 14.3 Å². The molecule has 0 aromatic heterocycles. The summed E-state index contributed by atoms with van der Waals surface area (Å²) in [6, 6.07) is 8.24. The highest BCUT2D eigenvalue weighted by Gasteiger charge is 2.32. The van der Waals surface area contributed by atoms with Crippen molar-refractivity contribution >= 4 is 35.8 Å². The average Bonchev–Trinajstić information content (AvgIpc) is 3.45. The van der Waals surface area contributed by atoms with Crippen LogP contribution in [0.5, 0.6) is 5.75 Å². The van der Waals surface area contributed by atoms with Gasteiger partial charge in [0.15, 0.2) is 5.96 Å². The maximum Gasteiger partial charge on any atom is 0.225 e. The fourth-order valence-corrected chi connectivity index (χ4v) is 4.17. The fourth-order valence-electron chi connectivity index (χ4n) is 4.17. The zero-order chi connectivity index (χ0) is 21.2. The van der Waals surface area contributed by atoms with Crippen molar-refractivity contribution in [3.05, 3.63) is 29.8 Å². The number of guanidine groups is 1. The van der Waals surface area contributed by atoms with Gasteiger partial charge in [-0.3, -0.25) is 4.79 Å². The number of nitrogens with one attached hydrogen (secondary N) is 2. The summed E-state index contributed by atoms with van der Waals surface area (Å²) in [5, 5.41) is 6.84. The largest absolute Gasteiger partial charge is 0.491 e. The molecule has 1 amide bonds. The second-order valence-electron chi connectivity index (χ2n) is 8.08. The summed E-state index contributed by atoms with van der Waals surface area (Å²) in [6.45, 7) is 6.13. The predicted octanol–water partition coefficient (Wildman–Crippen LogP) is 3.18. The molecule has 1 aliphatic carbocycles. The van der Waals surface area contributed by atoms with Crippen molar-refractivity contribution in [1.82, 2.24) is 15.5 Å². The molecule has 1 aromatic carbocycles. The molecule has 8 heteroatoms. The van der Waals surface area contributed by atoms with Crippen LogP contribution >= 0.6 is 24.0 Å². The molecule has 2 N–H and O–H groups in total. The highest BCUT2D eigenvalue weighted by molar-refractivity contribution is 14.0. The molecule has 1 aliphatic heterocycles. The summed E-state index contributed by atoms with van der Waals surface area (Å²) in [7, 11) is 1.66. The molecule has 2 fully saturated rings. The van der Waals surface area contributed by atoms with Crippen LogP contribution < -0.4 is 15.4 Å². The van der Waals surface area contributed by atoms with Gasteiger partial charge < -0.3 is 25.0 Å². The molecule has 1 saturated carbocycles. The van der Waals surface area contributed by atoms with Crippen molar-refractivity contribution in [2.45, 2.75) is 51.6 Å². The lowest BCUT2D eigenvalue weighted by atomic mass is 10.1. The molecule has 0 bridgehead atoms. The molecule has 1 unspecified atom stereocenters. The van der Waals surface area contributed by atoms with Crippen LogP contribution in [0.25, 0.3) is 0 Å². The van der Waals surface area contributed by atoms with Gasteiger partial charge >= 0.3 is 0 Å². The topological polar surface area (TPSA) is 75.2 Å². The lowest BCUT2D eigenvalue weighted by Gasteiger charge is -2.21. The minimum Gasteiger partial charge on any atom is -0.491 e. The zero-order valence-corrected chi connectivity index (χ0v) is 21.1. The van der Waals surface area contributed by atoms with E-state index in [2.05, 4.69) is 17.6 Å². The van der Waals surface area contributed by atoms with Crippen LogP contribution in [0.2, 0.25) is 0 Å². The van der Waals surface area contributed by atoms with Gasteiger partial charge in [-0.1, -0.05) is 25.0 Å². The van der Waals surface area contributed by atoms with Crippen molar-refractivity contribution in [3.63, 3.8) is 0 Å². The number of hydrogen-bond acceptors (Lipinski definition) is 4. The Morgan fingerprint density at radius 3 is 2.77 bits per heavy atom. The van der Waals surface area contributed by atoms with E-state index < -0.39 is 0 Å². The Morgan fingerprint density at radius 1 is 1.23 bits per heavy atom. The second-order valence-corrected chi connectivity index (χ2v) is 8.08. The van der Waals surface area contributed by atoms with Crippen LogP contribution in [0, 0.1) is 5.92 Å². The first-order valence-electron chi connectivity index (χ1n) is 11.2. The number of benzene rings is 1. The lowest BCUT2D eigenvalue weighted by molar-refractivity contribution is -0.134. The second kappa shape index (κ2) is 13.8. The summed E-state index contributed by atoms with van der Waals surface area (Å²) >= 11 is 0. The van der Waals surface area contributed by atoms with E-state index in [1.807, 2.05) is 29.2 Å². The van der Waals surface area contributed by atoms with Gasteiger partial charge in [-0.2, -0.15) is 0 Å². The molecule has 2 aliphatic rings. The number of amides is 1. The van der Waals surface area contributed by atoms with Crippen molar-refractivity contribution in [2.24, 2.45) is 10.9 Å². The monoisotopic (exact) mass is 544 g/mol. The summed E-state index contributed by atoms with van der Waals surface area (Å²) < 4.78 is 10.7. The first kappa shape index (κ1) is 25.7. The number of carbonyl (C=O) groups excluding carboxylic acids is 1. The van der Waals surface area contributed by atoms with Gasteiger partial charge in [-0.05, 0) is 43.9 Å². The Labute approximate surface area is 203 Å². The Kier molecular flexibility index (Phi) is 11.4. The van der Waals surface area contributed by atoms with Gasteiger partial charge in [0.1, 0.15) is 12.4 Å². The van der Waals surface area contributed by atoms with E-state index >= 15 is 0 Å². The van der Waals surface area contributed by atoms with E-state index in [4.69, 9.17) is 14.5 Å². The summed E-state index contributed by atoms with van der Waals surface area (Å²) in [6.07, 6.45) is 5.48. The molecule has 0 spiro atoms. The number of ether oxygens (including phenoxy) is 2. The van der Waals surface area contributed by atoms with Crippen LogP contribution in [-0.2, 0) is 16.1 Å². The summed E-state index contributed by atoms with van der Waals surface area (Å²) in [5.74, 6) is 2.23.